The summed E-state index contributed by atoms with van der Waals surface area (Å²) in [6.07, 6.45) is -2.34. The Morgan fingerprint density at radius 3 is 2.85 bits per heavy atom. The highest BCUT2D eigenvalue weighted by atomic mass is 19.3. The molecule has 0 aliphatic heterocycles. The van der Waals surface area contributed by atoms with E-state index >= 15 is 0 Å². The number of halogens is 2. The highest BCUT2D eigenvalue weighted by Gasteiger charge is 2.01. The van der Waals surface area contributed by atoms with Crippen molar-refractivity contribution in [1.29, 1.82) is 0 Å². The van der Waals surface area contributed by atoms with Crippen LogP contribution < -0.4 is 10.1 Å². The van der Waals surface area contributed by atoms with Crippen LogP contribution in [0.15, 0.2) is 24.3 Å². The Bertz CT molecular complexity index is 266. The summed E-state index contributed by atoms with van der Waals surface area (Å²) in [4.78, 5) is 0. The molecule has 0 heterocycles. The first-order valence-electron chi connectivity index (χ1n) is 3.88. The van der Waals surface area contributed by atoms with Gasteiger partial charge in [-0.3, -0.25) is 0 Å². The lowest BCUT2D eigenvalue weighted by atomic mass is 10.3. The van der Waals surface area contributed by atoms with Gasteiger partial charge in [0.2, 0.25) is 0 Å². The number of anilines is 1. The number of nitrogens with one attached hydrogen (secondary N) is 1. The van der Waals surface area contributed by atoms with Crippen LogP contribution >= 0.6 is 0 Å². The van der Waals surface area contributed by atoms with Gasteiger partial charge < -0.3 is 10.1 Å². The monoisotopic (exact) mass is 187 g/mol. The van der Waals surface area contributed by atoms with Crippen molar-refractivity contribution in [1.82, 2.24) is 0 Å². The Labute approximate surface area is 75.5 Å². The molecule has 2 nitrogen and oxygen atoms in total. The zero-order valence-corrected chi connectivity index (χ0v) is 7.26. The molecular formula is C9H11F2NO. The zero-order valence-electron chi connectivity index (χ0n) is 7.26. The van der Waals surface area contributed by atoms with E-state index in [1.807, 2.05) is 0 Å². The van der Waals surface area contributed by atoms with Crippen LogP contribution in [0.3, 0.4) is 0 Å². The van der Waals surface area contributed by atoms with Crippen LogP contribution in [0.4, 0.5) is 14.5 Å². The van der Waals surface area contributed by atoms with Gasteiger partial charge in [0.05, 0.1) is 13.7 Å². The first-order valence-corrected chi connectivity index (χ1v) is 3.88. The third kappa shape index (κ3) is 3.27. The average Bonchev–Trinajstić information content (AvgIpc) is 2.15. The Balaban J connectivity index is 2.56. The van der Waals surface area contributed by atoms with Crippen molar-refractivity contribution in [2.75, 3.05) is 19.0 Å². The van der Waals surface area contributed by atoms with Crippen molar-refractivity contribution in [3.05, 3.63) is 24.3 Å². The lowest BCUT2D eigenvalue weighted by molar-refractivity contribution is 0.163. The van der Waals surface area contributed by atoms with Crippen LogP contribution in [0.2, 0.25) is 0 Å². The summed E-state index contributed by atoms with van der Waals surface area (Å²) >= 11 is 0. The molecule has 13 heavy (non-hydrogen) atoms. The van der Waals surface area contributed by atoms with E-state index in [4.69, 9.17) is 4.74 Å². The van der Waals surface area contributed by atoms with E-state index in [1.54, 1.807) is 24.3 Å². The molecule has 1 aromatic rings. The molecule has 0 saturated carbocycles. The van der Waals surface area contributed by atoms with Crippen molar-refractivity contribution < 1.29 is 13.5 Å². The zero-order chi connectivity index (χ0) is 9.68. The average molecular weight is 187 g/mol. The molecular weight excluding hydrogens is 176 g/mol. The number of hydrogen-bond donors (Lipinski definition) is 1. The van der Waals surface area contributed by atoms with E-state index in [9.17, 15) is 8.78 Å². The predicted molar refractivity (Wildman–Crippen MR) is 47.5 cm³/mol. The lowest BCUT2D eigenvalue weighted by Crippen LogP contribution is -2.09. The van der Waals surface area contributed by atoms with Gasteiger partial charge in [0.15, 0.2) is 0 Å². The Kier molecular flexibility index (Phi) is 3.49. The van der Waals surface area contributed by atoms with Crippen LogP contribution in [0.25, 0.3) is 0 Å². The van der Waals surface area contributed by atoms with Gasteiger partial charge in [-0.25, -0.2) is 8.78 Å². The minimum atomic E-state index is -2.34. The molecule has 0 radical (unpaired) electrons. The maximum absolute atomic E-state index is 11.8. The quantitative estimate of drug-likeness (QED) is 0.781. The van der Waals surface area contributed by atoms with Crippen molar-refractivity contribution in [3.63, 3.8) is 0 Å². The highest BCUT2D eigenvalue weighted by Crippen LogP contribution is 2.16. The molecule has 0 aromatic heterocycles. The standard InChI is InChI=1S/C9H11F2NO/c1-13-8-4-2-3-7(5-8)12-6-9(10)11/h2-5,9,12H,6H2,1H3. The highest BCUT2D eigenvalue weighted by molar-refractivity contribution is 5.48. The van der Waals surface area contributed by atoms with Gasteiger partial charge in [-0.15, -0.1) is 0 Å². The second kappa shape index (κ2) is 4.64. The molecule has 0 bridgehead atoms. The van der Waals surface area contributed by atoms with Crippen molar-refractivity contribution >= 4 is 5.69 Å². The molecule has 0 amide bonds. The summed E-state index contributed by atoms with van der Waals surface area (Å²) in [6.45, 7) is -0.340. The Morgan fingerprint density at radius 2 is 2.23 bits per heavy atom. The van der Waals surface area contributed by atoms with Gasteiger partial charge in [-0.1, -0.05) is 6.07 Å². The number of alkyl halides is 2. The summed E-state index contributed by atoms with van der Waals surface area (Å²) in [5.74, 6) is 0.652. The summed E-state index contributed by atoms with van der Waals surface area (Å²) in [6, 6.07) is 6.88. The van der Waals surface area contributed by atoms with Crippen LogP contribution in [-0.2, 0) is 0 Å². The van der Waals surface area contributed by atoms with E-state index in [0.29, 0.717) is 11.4 Å². The van der Waals surface area contributed by atoms with E-state index in [2.05, 4.69) is 5.32 Å². The van der Waals surface area contributed by atoms with Crippen LogP contribution in [0, 0.1) is 0 Å². The number of methoxy groups -OCH3 is 1. The summed E-state index contributed by atoms with van der Waals surface area (Å²) in [7, 11) is 1.53. The fraction of sp³-hybridized carbons (Fsp3) is 0.333. The van der Waals surface area contributed by atoms with E-state index in [0.717, 1.165) is 0 Å². The first-order chi connectivity index (χ1) is 6.22. The number of hydrogen-bond acceptors (Lipinski definition) is 2. The third-order valence-corrected chi connectivity index (χ3v) is 1.53. The Hall–Kier alpha value is -1.32. The normalized spacial score (nSPS) is 10.2. The van der Waals surface area contributed by atoms with Gasteiger partial charge in [0.1, 0.15) is 5.75 Å². The van der Waals surface area contributed by atoms with Crippen LogP contribution in [0.1, 0.15) is 0 Å². The van der Waals surface area contributed by atoms with Crippen molar-refractivity contribution in [2.45, 2.75) is 6.43 Å². The maximum atomic E-state index is 11.8. The van der Waals surface area contributed by atoms with Crippen molar-refractivity contribution in [2.24, 2.45) is 0 Å². The molecule has 72 valence electrons. The van der Waals surface area contributed by atoms with Gasteiger partial charge >= 0.3 is 0 Å². The topological polar surface area (TPSA) is 21.3 Å². The molecule has 0 aliphatic carbocycles. The predicted octanol–water partition coefficient (Wildman–Crippen LogP) is 2.37. The lowest BCUT2D eigenvalue weighted by Gasteiger charge is -2.06. The smallest absolute Gasteiger partial charge is 0.255 e. The summed E-state index contributed by atoms with van der Waals surface area (Å²) in [5.41, 5.74) is 0.639. The second-order valence-corrected chi connectivity index (χ2v) is 2.50. The maximum Gasteiger partial charge on any atom is 0.255 e. The second-order valence-electron chi connectivity index (χ2n) is 2.50. The summed E-state index contributed by atoms with van der Waals surface area (Å²) in [5, 5.41) is 2.59. The first kappa shape index (κ1) is 9.77. The molecule has 1 aromatic carbocycles. The molecule has 1 rings (SSSR count). The van der Waals surface area contributed by atoms with E-state index < -0.39 is 6.43 Å². The van der Waals surface area contributed by atoms with E-state index in [1.165, 1.54) is 7.11 Å². The molecule has 4 heteroatoms. The van der Waals surface area contributed by atoms with Gasteiger partial charge in [0.25, 0.3) is 6.43 Å². The SMILES string of the molecule is COc1cccc(NCC(F)F)c1. The molecule has 0 unspecified atom stereocenters. The number of benzene rings is 1. The van der Waals surface area contributed by atoms with E-state index in [-0.39, 0.29) is 6.54 Å². The molecule has 0 fully saturated rings. The number of rotatable bonds is 4. The fourth-order valence-corrected chi connectivity index (χ4v) is 0.928. The molecule has 1 N–H and O–H groups in total. The molecule has 0 atom stereocenters. The van der Waals surface area contributed by atoms with Gasteiger partial charge in [-0.2, -0.15) is 0 Å². The minimum Gasteiger partial charge on any atom is -0.497 e. The van der Waals surface area contributed by atoms with Crippen LogP contribution in [-0.4, -0.2) is 20.1 Å². The van der Waals surface area contributed by atoms with Crippen LogP contribution in [0.5, 0.6) is 5.75 Å². The largest absolute Gasteiger partial charge is 0.497 e. The number of ether oxygens (including phenoxy) is 1. The third-order valence-electron chi connectivity index (χ3n) is 1.53. The Morgan fingerprint density at radius 1 is 1.46 bits per heavy atom. The molecule has 0 spiro atoms. The molecule has 0 aliphatic rings. The summed E-state index contributed by atoms with van der Waals surface area (Å²) < 4.78 is 28.6. The van der Waals surface area contributed by atoms with Gasteiger partial charge in [-0.05, 0) is 12.1 Å². The van der Waals surface area contributed by atoms with Crippen molar-refractivity contribution in [3.8, 4) is 5.75 Å². The molecule has 0 saturated heterocycles. The fourth-order valence-electron chi connectivity index (χ4n) is 0.928. The minimum absolute atomic E-state index is 0.340. The van der Waals surface area contributed by atoms with Gasteiger partial charge in [0, 0.05) is 11.8 Å².